The van der Waals surface area contributed by atoms with Gasteiger partial charge < -0.3 is 5.11 Å². The number of tetrazole rings is 1. The summed E-state index contributed by atoms with van der Waals surface area (Å²) < 4.78 is 0. The third kappa shape index (κ3) is 2.14. The first kappa shape index (κ1) is 12.3. The second-order valence-electron chi connectivity index (χ2n) is 5.43. The average Bonchev–Trinajstić information content (AvgIpc) is 2.80. The summed E-state index contributed by atoms with van der Waals surface area (Å²) in [6.45, 7) is 2.21. The lowest BCUT2D eigenvalue weighted by molar-refractivity contribution is 0.0140. The van der Waals surface area contributed by atoms with Crippen LogP contribution in [0.15, 0.2) is 24.3 Å². The van der Waals surface area contributed by atoms with Gasteiger partial charge in [-0.1, -0.05) is 31.2 Å². The van der Waals surface area contributed by atoms with Crippen LogP contribution in [0.3, 0.4) is 0 Å². The van der Waals surface area contributed by atoms with Gasteiger partial charge in [-0.15, -0.1) is 10.2 Å². The van der Waals surface area contributed by atoms with Gasteiger partial charge >= 0.3 is 0 Å². The highest BCUT2D eigenvalue weighted by molar-refractivity contribution is 5.37. The molecule has 1 heterocycles. The molecule has 1 N–H and O–H groups in total. The zero-order valence-electron chi connectivity index (χ0n) is 11.2. The van der Waals surface area contributed by atoms with Crippen molar-refractivity contribution in [1.29, 1.82) is 0 Å². The predicted molar refractivity (Wildman–Crippen MR) is 70.5 cm³/mol. The molecule has 19 heavy (non-hydrogen) atoms. The molecule has 3 rings (SSSR count). The maximum atomic E-state index is 11.0. The molecule has 5 heteroatoms. The Morgan fingerprint density at radius 2 is 2.21 bits per heavy atom. The van der Waals surface area contributed by atoms with E-state index in [1.807, 2.05) is 18.2 Å². The molecule has 2 aromatic rings. The van der Waals surface area contributed by atoms with E-state index < -0.39 is 5.60 Å². The van der Waals surface area contributed by atoms with E-state index >= 15 is 0 Å². The van der Waals surface area contributed by atoms with Crippen LogP contribution in [0.5, 0.6) is 0 Å². The van der Waals surface area contributed by atoms with Crippen molar-refractivity contribution in [2.24, 2.45) is 7.05 Å². The molecule has 1 aromatic heterocycles. The number of benzene rings is 1. The molecule has 0 bridgehead atoms. The Balaban J connectivity index is 1.98. The smallest absolute Gasteiger partial charge is 0.178 e. The maximum absolute atomic E-state index is 11.0. The molecule has 0 saturated heterocycles. The van der Waals surface area contributed by atoms with Gasteiger partial charge in [0.1, 0.15) is 0 Å². The van der Waals surface area contributed by atoms with Crippen LogP contribution in [0.4, 0.5) is 0 Å². The summed E-state index contributed by atoms with van der Waals surface area (Å²) in [6.07, 6.45) is 2.14. The fraction of sp³-hybridized carbons (Fsp3) is 0.500. The van der Waals surface area contributed by atoms with Crippen molar-refractivity contribution >= 4 is 0 Å². The Bertz CT molecular complexity index is 595. The molecule has 100 valence electrons. The minimum absolute atomic E-state index is 0.421. The summed E-state index contributed by atoms with van der Waals surface area (Å²) in [5.74, 6) is 1.08. The van der Waals surface area contributed by atoms with Crippen LogP contribution in [-0.2, 0) is 19.1 Å². The molecule has 2 atom stereocenters. The number of aryl methyl sites for hydroxylation is 1. The van der Waals surface area contributed by atoms with Crippen LogP contribution in [0.25, 0.3) is 0 Å². The number of aromatic nitrogens is 4. The lowest BCUT2D eigenvalue weighted by atomic mass is 9.73. The van der Waals surface area contributed by atoms with Crippen LogP contribution in [0.2, 0.25) is 0 Å². The summed E-state index contributed by atoms with van der Waals surface area (Å²) in [7, 11) is 1.73. The Kier molecular flexibility index (Phi) is 2.86. The number of hydrogen-bond donors (Lipinski definition) is 1. The van der Waals surface area contributed by atoms with Crippen LogP contribution in [-0.4, -0.2) is 25.3 Å². The molecule has 2 unspecified atom stereocenters. The summed E-state index contributed by atoms with van der Waals surface area (Å²) in [6, 6.07) is 8.13. The topological polar surface area (TPSA) is 63.8 Å². The summed E-state index contributed by atoms with van der Waals surface area (Å²) >= 11 is 0. The van der Waals surface area contributed by atoms with Crippen LogP contribution >= 0.6 is 0 Å². The van der Waals surface area contributed by atoms with Gasteiger partial charge in [-0.3, -0.25) is 0 Å². The Morgan fingerprint density at radius 1 is 1.42 bits per heavy atom. The molecule has 0 amide bonds. The van der Waals surface area contributed by atoms with E-state index in [0.29, 0.717) is 18.2 Å². The standard InChI is InChI=1S/C14H18N4O/c1-10-7-8-14(19,9-13-15-17-18(2)16-13)12-6-4-3-5-11(10)12/h3-6,10,19H,7-9H2,1-2H3. The molecule has 0 saturated carbocycles. The molecular formula is C14H18N4O. The SMILES string of the molecule is CC1CCC(O)(Cc2nnn(C)n2)c2ccccc21. The van der Waals surface area contributed by atoms with E-state index in [0.717, 1.165) is 18.4 Å². The van der Waals surface area contributed by atoms with E-state index in [-0.39, 0.29) is 0 Å². The normalized spacial score (nSPS) is 26.2. The van der Waals surface area contributed by atoms with Gasteiger partial charge in [-0.2, -0.15) is 4.80 Å². The molecule has 0 fully saturated rings. The van der Waals surface area contributed by atoms with Crippen molar-refractivity contribution in [3.63, 3.8) is 0 Å². The van der Waals surface area contributed by atoms with Crippen LogP contribution in [0, 0.1) is 0 Å². The van der Waals surface area contributed by atoms with Gasteiger partial charge in [0.25, 0.3) is 0 Å². The monoisotopic (exact) mass is 258 g/mol. The zero-order chi connectivity index (χ0) is 13.5. The van der Waals surface area contributed by atoms with E-state index in [9.17, 15) is 5.11 Å². The van der Waals surface area contributed by atoms with Gasteiger partial charge in [0.2, 0.25) is 0 Å². The lowest BCUT2D eigenvalue weighted by Gasteiger charge is -2.36. The summed E-state index contributed by atoms with van der Waals surface area (Å²) in [4.78, 5) is 1.43. The van der Waals surface area contributed by atoms with E-state index in [1.165, 1.54) is 10.4 Å². The highest BCUT2D eigenvalue weighted by Crippen LogP contribution is 2.42. The third-order valence-electron chi connectivity index (χ3n) is 3.98. The molecule has 5 nitrogen and oxygen atoms in total. The van der Waals surface area contributed by atoms with Crippen molar-refractivity contribution < 1.29 is 5.11 Å². The van der Waals surface area contributed by atoms with Crippen LogP contribution in [0.1, 0.15) is 42.6 Å². The lowest BCUT2D eigenvalue weighted by Crippen LogP contribution is -2.34. The fourth-order valence-electron chi connectivity index (χ4n) is 2.94. The van der Waals surface area contributed by atoms with Crippen molar-refractivity contribution in [1.82, 2.24) is 20.2 Å². The van der Waals surface area contributed by atoms with Crippen molar-refractivity contribution in [2.45, 2.75) is 37.7 Å². The van der Waals surface area contributed by atoms with Gasteiger partial charge in [-0.05, 0) is 35.1 Å². The summed E-state index contributed by atoms with van der Waals surface area (Å²) in [5, 5.41) is 23.0. The largest absolute Gasteiger partial charge is 0.385 e. The second-order valence-corrected chi connectivity index (χ2v) is 5.43. The number of aliphatic hydroxyl groups is 1. The number of rotatable bonds is 2. The fourth-order valence-corrected chi connectivity index (χ4v) is 2.94. The van der Waals surface area contributed by atoms with E-state index in [2.05, 4.69) is 28.4 Å². The highest BCUT2D eigenvalue weighted by atomic mass is 16.3. The molecular weight excluding hydrogens is 240 g/mol. The molecule has 1 aromatic carbocycles. The zero-order valence-corrected chi connectivity index (χ0v) is 11.2. The average molecular weight is 258 g/mol. The Labute approximate surface area is 112 Å². The minimum atomic E-state index is -0.869. The first-order chi connectivity index (χ1) is 9.08. The summed E-state index contributed by atoms with van der Waals surface area (Å²) in [5.41, 5.74) is 1.38. The Morgan fingerprint density at radius 3 is 2.95 bits per heavy atom. The molecule has 0 aliphatic heterocycles. The van der Waals surface area contributed by atoms with Gasteiger partial charge in [-0.25, -0.2) is 0 Å². The van der Waals surface area contributed by atoms with Crippen molar-refractivity contribution in [2.75, 3.05) is 0 Å². The molecule has 0 spiro atoms. The maximum Gasteiger partial charge on any atom is 0.178 e. The predicted octanol–water partition coefficient (Wildman–Crippen LogP) is 1.54. The van der Waals surface area contributed by atoms with Crippen molar-refractivity contribution in [3.05, 3.63) is 41.2 Å². The number of fused-ring (bicyclic) bond motifs is 1. The third-order valence-corrected chi connectivity index (χ3v) is 3.98. The first-order valence-electron chi connectivity index (χ1n) is 6.63. The molecule has 1 aliphatic rings. The highest BCUT2D eigenvalue weighted by Gasteiger charge is 2.37. The quantitative estimate of drug-likeness (QED) is 0.887. The van der Waals surface area contributed by atoms with E-state index in [1.54, 1.807) is 7.05 Å². The second kappa shape index (κ2) is 4.42. The van der Waals surface area contributed by atoms with Gasteiger partial charge in [0.15, 0.2) is 5.82 Å². The molecule has 1 aliphatic carbocycles. The Hall–Kier alpha value is -1.75. The van der Waals surface area contributed by atoms with E-state index in [4.69, 9.17) is 0 Å². The van der Waals surface area contributed by atoms with Crippen LogP contribution < -0.4 is 0 Å². The van der Waals surface area contributed by atoms with Crippen molar-refractivity contribution in [3.8, 4) is 0 Å². The number of nitrogens with zero attached hydrogens (tertiary/aromatic N) is 4. The van der Waals surface area contributed by atoms with Gasteiger partial charge in [0.05, 0.1) is 12.6 Å². The minimum Gasteiger partial charge on any atom is -0.385 e. The number of hydrogen-bond acceptors (Lipinski definition) is 4. The van der Waals surface area contributed by atoms with Gasteiger partial charge in [0, 0.05) is 6.42 Å². The first-order valence-corrected chi connectivity index (χ1v) is 6.63. The molecule has 0 radical (unpaired) electrons.